The van der Waals surface area contributed by atoms with Crippen LogP contribution in [-0.2, 0) is 0 Å². The van der Waals surface area contributed by atoms with Crippen molar-refractivity contribution in [2.75, 3.05) is 5.73 Å². The summed E-state index contributed by atoms with van der Waals surface area (Å²) in [5.74, 6) is 0.634. The van der Waals surface area contributed by atoms with Gasteiger partial charge in [-0.3, -0.25) is 0 Å². The second kappa shape index (κ2) is 6.24. The van der Waals surface area contributed by atoms with Crippen LogP contribution in [0.25, 0.3) is 12.2 Å². The molecule has 2 aromatic carbocycles. The molecule has 1 atom stereocenters. The van der Waals surface area contributed by atoms with E-state index < -0.39 is 0 Å². The Labute approximate surface area is 115 Å². The van der Waals surface area contributed by atoms with Gasteiger partial charge < -0.3 is 5.73 Å². The number of rotatable bonds is 4. The summed E-state index contributed by atoms with van der Waals surface area (Å²) < 4.78 is 0. The van der Waals surface area contributed by atoms with Crippen LogP contribution in [0, 0.1) is 0 Å². The maximum Gasteiger partial charge on any atom is 0.0314 e. The zero-order valence-corrected chi connectivity index (χ0v) is 11.6. The zero-order chi connectivity index (χ0) is 13.7. The predicted octanol–water partition coefficient (Wildman–Crippen LogP) is 4.95. The summed E-state index contributed by atoms with van der Waals surface area (Å²) in [5.41, 5.74) is 10.3. The van der Waals surface area contributed by atoms with E-state index in [2.05, 4.69) is 50.3 Å². The summed E-state index contributed by atoms with van der Waals surface area (Å²) in [4.78, 5) is 0. The van der Waals surface area contributed by atoms with E-state index in [-0.39, 0.29) is 0 Å². The maximum atomic E-state index is 5.67. The van der Waals surface area contributed by atoms with Crippen molar-refractivity contribution in [2.24, 2.45) is 0 Å². The zero-order valence-electron chi connectivity index (χ0n) is 11.6. The van der Waals surface area contributed by atoms with Crippen LogP contribution in [-0.4, -0.2) is 0 Å². The first-order valence-electron chi connectivity index (χ1n) is 6.82. The summed E-state index contributed by atoms with van der Waals surface area (Å²) in [6.07, 6.45) is 5.42. The molecule has 2 N–H and O–H groups in total. The van der Waals surface area contributed by atoms with Gasteiger partial charge in [0.25, 0.3) is 0 Å². The average Bonchev–Trinajstić information content (AvgIpc) is 2.46. The molecular formula is C18H21N. The van der Waals surface area contributed by atoms with Crippen molar-refractivity contribution >= 4 is 17.8 Å². The van der Waals surface area contributed by atoms with Crippen molar-refractivity contribution < 1.29 is 0 Å². The fourth-order valence-corrected chi connectivity index (χ4v) is 1.97. The van der Waals surface area contributed by atoms with Crippen molar-refractivity contribution in [1.29, 1.82) is 0 Å². The molecule has 0 spiro atoms. The molecule has 0 saturated carbocycles. The first-order chi connectivity index (χ1) is 9.19. The molecule has 0 aliphatic rings. The molecular weight excluding hydrogens is 230 g/mol. The van der Waals surface area contributed by atoms with E-state index in [1.54, 1.807) is 0 Å². The Morgan fingerprint density at radius 1 is 0.895 bits per heavy atom. The van der Waals surface area contributed by atoms with Gasteiger partial charge in [0.2, 0.25) is 0 Å². The molecule has 1 heteroatoms. The van der Waals surface area contributed by atoms with Crippen LogP contribution in [0.1, 0.15) is 42.9 Å². The lowest BCUT2D eigenvalue weighted by atomic mass is 9.97. The Hall–Kier alpha value is -2.02. The van der Waals surface area contributed by atoms with E-state index in [1.165, 1.54) is 23.1 Å². The molecule has 1 nitrogen and oxygen atoms in total. The van der Waals surface area contributed by atoms with Crippen LogP contribution < -0.4 is 5.73 Å². The van der Waals surface area contributed by atoms with E-state index in [9.17, 15) is 0 Å². The van der Waals surface area contributed by atoms with E-state index >= 15 is 0 Å². The highest BCUT2D eigenvalue weighted by atomic mass is 14.5. The van der Waals surface area contributed by atoms with Crippen LogP contribution in [0.5, 0.6) is 0 Å². The van der Waals surface area contributed by atoms with Crippen molar-refractivity contribution in [2.45, 2.75) is 26.2 Å². The lowest BCUT2D eigenvalue weighted by Crippen LogP contribution is -1.90. The molecule has 0 fully saturated rings. The molecule has 2 rings (SSSR count). The lowest BCUT2D eigenvalue weighted by molar-refractivity contribution is 0.733. The first-order valence-corrected chi connectivity index (χ1v) is 6.82. The van der Waals surface area contributed by atoms with Crippen LogP contribution in [0.3, 0.4) is 0 Å². The molecule has 98 valence electrons. The highest BCUT2D eigenvalue weighted by molar-refractivity contribution is 5.70. The van der Waals surface area contributed by atoms with Crippen LogP contribution in [0.2, 0.25) is 0 Å². The molecule has 0 radical (unpaired) electrons. The van der Waals surface area contributed by atoms with Crippen molar-refractivity contribution in [3.05, 3.63) is 65.2 Å². The molecule has 0 amide bonds. The minimum absolute atomic E-state index is 0.634. The lowest BCUT2D eigenvalue weighted by Gasteiger charge is -2.08. The molecule has 19 heavy (non-hydrogen) atoms. The highest BCUT2D eigenvalue weighted by Gasteiger charge is 2.01. The monoisotopic (exact) mass is 251 g/mol. The normalized spacial score (nSPS) is 12.7. The topological polar surface area (TPSA) is 26.0 Å². The van der Waals surface area contributed by atoms with Gasteiger partial charge in [-0.2, -0.15) is 0 Å². The number of hydrogen-bond acceptors (Lipinski definition) is 1. The van der Waals surface area contributed by atoms with Gasteiger partial charge in [0, 0.05) is 5.69 Å². The Bertz CT molecular complexity index is 535. The molecule has 0 aliphatic heterocycles. The first kappa shape index (κ1) is 13.4. The molecule has 0 bridgehead atoms. The van der Waals surface area contributed by atoms with Crippen molar-refractivity contribution in [3.8, 4) is 0 Å². The molecule has 0 saturated heterocycles. The Kier molecular flexibility index (Phi) is 4.40. The molecule has 2 aromatic rings. The fourth-order valence-electron chi connectivity index (χ4n) is 1.97. The number of hydrogen-bond donors (Lipinski definition) is 1. The third-order valence-electron chi connectivity index (χ3n) is 3.52. The van der Waals surface area contributed by atoms with Gasteiger partial charge in [-0.15, -0.1) is 0 Å². The number of benzene rings is 2. The summed E-state index contributed by atoms with van der Waals surface area (Å²) in [6.45, 7) is 4.48. The van der Waals surface area contributed by atoms with Crippen LogP contribution >= 0.6 is 0 Å². The van der Waals surface area contributed by atoms with Crippen LogP contribution in [0.4, 0.5) is 5.69 Å². The van der Waals surface area contributed by atoms with Gasteiger partial charge in [-0.1, -0.05) is 62.4 Å². The van der Waals surface area contributed by atoms with Gasteiger partial charge in [-0.25, -0.2) is 0 Å². The minimum Gasteiger partial charge on any atom is -0.399 e. The fraction of sp³-hybridized carbons (Fsp3) is 0.222. The SMILES string of the molecule is CCC(C)c1ccc(/C=C/c2ccc(N)cc2)cc1. The predicted molar refractivity (Wildman–Crippen MR) is 84.9 cm³/mol. The van der Waals surface area contributed by atoms with Crippen molar-refractivity contribution in [3.63, 3.8) is 0 Å². The average molecular weight is 251 g/mol. The quantitative estimate of drug-likeness (QED) is 0.603. The van der Waals surface area contributed by atoms with Gasteiger partial charge in [0.05, 0.1) is 0 Å². The number of nitrogens with two attached hydrogens (primary N) is 1. The van der Waals surface area contributed by atoms with Crippen LogP contribution in [0.15, 0.2) is 48.5 Å². The largest absolute Gasteiger partial charge is 0.399 e. The molecule has 0 aromatic heterocycles. The third-order valence-corrected chi connectivity index (χ3v) is 3.52. The second-order valence-corrected chi connectivity index (χ2v) is 4.98. The van der Waals surface area contributed by atoms with Gasteiger partial charge in [0.1, 0.15) is 0 Å². The standard InChI is InChI=1S/C18H21N/c1-3-14(2)17-10-6-15(7-11-17)4-5-16-8-12-18(19)13-9-16/h4-14H,3,19H2,1-2H3/b5-4+. The smallest absolute Gasteiger partial charge is 0.0314 e. The highest BCUT2D eigenvalue weighted by Crippen LogP contribution is 2.19. The summed E-state index contributed by atoms with van der Waals surface area (Å²) in [6, 6.07) is 16.7. The van der Waals surface area contributed by atoms with E-state index in [4.69, 9.17) is 5.73 Å². The Morgan fingerprint density at radius 3 is 1.84 bits per heavy atom. The maximum absolute atomic E-state index is 5.67. The van der Waals surface area contributed by atoms with E-state index in [0.29, 0.717) is 5.92 Å². The third kappa shape index (κ3) is 3.72. The summed E-state index contributed by atoms with van der Waals surface area (Å²) in [5, 5.41) is 0. The molecule has 1 unspecified atom stereocenters. The molecule has 0 heterocycles. The van der Waals surface area contributed by atoms with Crippen molar-refractivity contribution in [1.82, 2.24) is 0 Å². The summed E-state index contributed by atoms with van der Waals surface area (Å²) in [7, 11) is 0. The van der Waals surface area contributed by atoms with Gasteiger partial charge in [-0.05, 0) is 41.2 Å². The Morgan fingerprint density at radius 2 is 1.37 bits per heavy atom. The number of anilines is 1. The number of nitrogen functional groups attached to an aromatic ring is 1. The van der Waals surface area contributed by atoms with Gasteiger partial charge >= 0.3 is 0 Å². The Balaban J connectivity index is 2.09. The second-order valence-electron chi connectivity index (χ2n) is 4.98. The van der Waals surface area contributed by atoms with E-state index in [0.717, 1.165) is 5.69 Å². The minimum atomic E-state index is 0.634. The van der Waals surface area contributed by atoms with Gasteiger partial charge in [0.15, 0.2) is 0 Å². The molecule has 0 aliphatic carbocycles. The van der Waals surface area contributed by atoms with E-state index in [1.807, 2.05) is 24.3 Å². The summed E-state index contributed by atoms with van der Waals surface area (Å²) >= 11 is 0.